The molecule has 0 unspecified atom stereocenters. The summed E-state index contributed by atoms with van der Waals surface area (Å²) in [6, 6.07) is 8.33. The van der Waals surface area contributed by atoms with E-state index in [9.17, 15) is 9.59 Å². The van der Waals surface area contributed by atoms with Crippen molar-refractivity contribution in [2.45, 2.75) is 52.7 Å². The predicted octanol–water partition coefficient (Wildman–Crippen LogP) is 3.14. The van der Waals surface area contributed by atoms with Gasteiger partial charge in [-0.3, -0.25) is 9.59 Å². The van der Waals surface area contributed by atoms with E-state index in [1.165, 1.54) is 0 Å². The lowest BCUT2D eigenvalue weighted by Crippen LogP contribution is -2.32. The molecular formula is C21H24ClN5O3. The fourth-order valence-electron chi connectivity index (χ4n) is 3.15. The van der Waals surface area contributed by atoms with E-state index in [4.69, 9.17) is 16.3 Å². The minimum atomic E-state index is -0.628. The Kier molecular flexibility index (Phi) is 6.66. The predicted molar refractivity (Wildman–Crippen MR) is 112 cm³/mol. The molecule has 0 aliphatic carbocycles. The molecule has 2 aromatic heterocycles. The number of carbonyl (C=O) groups is 2. The number of amides is 1. The number of rotatable bonds is 7. The van der Waals surface area contributed by atoms with Crippen LogP contribution in [0.4, 0.5) is 0 Å². The SMILES string of the molecule is Cc1cc(C)n2nc(CC(=O)N[C@@H](CC(=O)OC(C)C)c3ccccc3Cl)nc2n1. The molecule has 3 rings (SSSR count). The number of aromatic nitrogens is 4. The highest BCUT2D eigenvalue weighted by atomic mass is 35.5. The number of benzene rings is 1. The smallest absolute Gasteiger partial charge is 0.308 e. The summed E-state index contributed by atoms with van der Waals surface area (Å²) in [5.41, 5.74) is 2.34. The van der Waals surface area contributed by atoms with Gasteiger partial charge in [-0.05, 0) is 45.4 Å². The van der Waals surface area contributed by atoms with Crippen LogP contribution in [0.5, 0.6) is 0 Å². The van der Waals surface area contributed by atoms with E-state index in [2.05, 4.69) is 20.4 Å². The Labute approximate surface area is 179 Å². The van der Waals surface area contributed by atoms with Gasteiger partial charge in [0.1, 0.15) is 0 Å². The molecular weight excluding hydrogens is 406 g/mol. The van der Waals surface area contributed by atoms with E-state index in [0.717, 1.165) is 11.4 Å². The average Bonchev–Trinajstić information content (AvgIpc) is 3.03. The van der Waals surface area contributed by atoms with E-state index in [-0.39, 0.29) is 24.9 Å². The van der Waals surface area contributed by atoms with Gasteiger partial charge in [-0.15, -0.1) is 5.10 Å². The summed E-state index contributed by atoms with van der Waals surface area (Å²) in [6.07, 6.45) is -0.338. The molecule has 3 aromatic rings. The molecule has 0 aliphatic rings. The normalized spacial score (nSPS) is 12.2. The Morgan fingerprint density at radius 3 is 2.63 bits per heavy atom. The Balaban J connectivity index is 1.78. The first kappa shape index (κ1) is 21.7. The first-order chi connectivity index (χ1) is 14.2. The summed E-state index contributed by atoms with van der Waals surface area (Å²) in [7, 11) is 0. The van der Waals surface area contributed by atoms with Crippen LogP contribution in [0.2, 0.25) is 5.02 Å². The number of aryl methyl sites for hydroxylation is 2. The number of nitrogens with one attached hydrogen (secondary N) is 1. The maximum absolute atomic E-state index is 12.7. The summed E-state index contributed by atoms with van der Waals surface area (Å²) in [5.74, 6) is 0.0359. The summed E-state index contributed by atoms with van der Waals surface area (Å²) >= 11 is 6.30. The van der Waals surface area contributed by atoms with Crippen molar-refractivity contribution in [1.29, 1.82) is 0 Å². The highest BCUT2D eigenvalue weighted by molar-refractivity contribution is 6.31. The molecule has 9 heteroatoms. The van der Waals surface area contributed by atoms with Crippen molar-refractivity contribution in [3.8, 4) is 0 Å². The third-order valence-corrected chi connectivity index (χ3v) is 4.68. The largest absolute Gasteiger partial charge is 0.463 e. The van der Waals surface area contributed by atoms with Crippen LogP contribution in [0.25, 0.3) is 5.78 Å². The summed E-state index contributed by atoms with van der Waals surface area (Å²) < 4.78 is 6.83. The van der Waals surface area contributed by atoms with Gasteiger partial charge in [0.05, 0.1) is 25.0 Å². The van der Waals surface area contributed by atoms with Gasteiger partial charge in [0.15, 0.2) is 5.82 Å². The molecule has 158 valence electrons. The zero-order chi connectivity index (χ0) is 21.8. The van der Waals surface area contributed by atoms with E-state index in [0.29, 0.717) is 22.2 Å². The molecule has 1 aromatic carbocycles. The molecule has 2 heterocycles. The van der Waals surface area contributed by atoms with Gasteiger partial charge < -0.3 is 10.1 Å². The molecule has 1 amide bonds. The first-order valence-electron chi connectivity index (χ1n) is 9.66. The lowest BCUT2D eigenvalue weighted by molar-refractivity contribution is -0.148. The van der Waals surface area contributed by atoms with Crippen molar-refractivity contribution in [3.05, 3.63) is 58.1 Å². The van der Waals surface area contributed by atoms with Gasteiger partial charge in [0.2, 0.25) is 5.91 Å². The van der Waals surface area contributed by atoms with E-state index in [1.54, 1.807) is 42.6 Å². The number of hydrogen-bond donors (Lipinski definition) is 1. The number of halogens is 1. The van der Waals surface area contributed by atoms with Crippen LogP contribution in [0.15, 0.2) is 30.3 Å². The van der Waals surface area contributed by atoms with Crippen LogP contribution >= 0.6 is 11.6 Å². The Morgan fingerprint density at radius 2 is 1.93 bits per heavy atom. The van der Waals surface area contributed by atoms with Gasteiger partial charge >= 0.3 is 5.97 Å². The topological polar surface area (TPSA) is 98.5 Å². The highest BCUT2D eigenvalue weighted by Gasteiger charge is 2.23. The molecule has 0 aliphatic heterocycles. The molecule has 30 heavy (non-hydrogen) atoms. The molecule has 0 spiro atoms. The fraction of sp³-hybridized carbons (Fsp3) is 0.381. The highest BCUT2D eigenvalue weighted by Crippen LogP contribution is 2.25. The quantitative estimate of drug-likeness (QED) is 0.579. The van der Waals surface area contributed by atoms with Gasteiger partial charge in [0, 0.05) is 16.4 Å². The Morgan fingerprint density at radius 1 is 1.20 bits per heavy atom. The minimum absolute atomic E-state index is 0.0356. The van der Waals surface area contributed by atoms with Gasteiger partial charge in [-0.2, -0.15) is 4.98 Å². The second kappa shape index (κ2) is 9.21. The molecule has 1 atom stereocenters. The average molecular weight is 430 g/mol. The number of esters is 1. The third-order valence-electron chi connectivity index (χ3n) is 4.33. The standard InChI is InChI=1S/C21H24ClN5O3/c1-12(2)30-20(29)10-17(15-7-5-6-8-16(15)22)24-19(28)11-18-25-21-23-13(3)9-14(4)27(21)26-18/h5-9,12,17H,10-11H2,1-4H3,(H,24,28)/t17-/m0/s1. The van der Waals surface area contributed by atoms with Crippen molar-refractivity contribution in [2.75, 3.05) is 0 Å². The molecule has 8 nitrogen and oxygen atoms in total. The number of ether oxygens (including phenoxy) is 1. The van der Waals surface area contributed by atoms with Gasteiger partial charge in [0.25, 0.3) is 5.78 Å². The van der Waals surface area contributed by atoms with Crippen LogP contribution in [0, 0.1) is 13.8 Å². The zero-order valence-electron chi connectivity index (χ0n) is 17.3. The fourth-order valence-corrected chi connectivity index (χ4v) is 3.41. The van der Waals surface area contributed by atoms with E-state index in [1.807, 2.05) is 19.9 Å². The van der Waals surface area contributed by atoms with Crippen molar-refractivity contribution in [1.82, 2.24) is 24.9 Å². The second-order valence-electron chi connectivity index (χ2n) is 7.34. The van der Waals surface area contributed by atoms with Crippen molar-refractivity contribution in [2.24, 2.45) is 0 Å². The number of nitrogens with zero attached hydrogens (tertiary/aromatic N) is 4. The van der Waals surface area contributed by atoms with Crippen LogP contribution in [0.3, 0.4) is 0 Å². The molecule has 0 radical (unpaired) electrons. The van der Waals surface area contributed by atoms with Crippen molar-refractivity contribution >= 4 is 29.3 Å². The zero-order valence-corrected chi connectivity index (χ0v) is 18.1. The monoisotopic (exact) mass is 429 g/mol. The van der Waals surface area contributed by atoms with Gasteiger partial charge in [-0.1, -0.05) is 29.8 Å². The van der Waals surface area contributed by atoms with Crippen molar-refractivity contribution in [3.63, 3.8) is 0 Å². The Bertz CT molecular complexity index is 1080. The number of fused-ring (bicyclic) bond motifs is 1. The van der Waals surface area contributed by atoms with Crippen LogP contribution < -0.4 is 5.32 Å². The Hall–Kier alpha value is -3.00. The summed E-state index contributed by atoms with van der Waals surface area (Å²) in [5, 5.41) is 7.68. The number of carbonyl (C=O) groups excluding carboxylic acids is 2. The molecule has 0 fully saturated rings. The van der Waals surface area contributed by atoms with Crippen molar-refractivity contribution < 1.29 is 14.3 Å². The maximum atomic E-state index is 12.7. The maximum Gasteiger partial charge on any atom is 0.308 e. The van der Waals surface area contributed by atoms with Crippen LogP contribution in [-0.2, 0) is 20.7 Å². The summed E-state index contributed by atoms with van der Waals surface area (Å²) in [4.78, 5) is 33.6. The molecule has 0 bridgehead atoms. The lowest BCUT2D eigenvalue weighted by Gasteiger charge is -2.20. The minimum Gasteiger partial charge on any atom is -0.463 e. The second-order valence-corrected chi connectivity index (χ2v) is 7.75. The van der Waals surface area contributed by atoms with Crippen LogP contribution in [0.1, 0.15) is 49.1 Å². The number of hydrogen-bond acceptors (Lipinski definition) is 6. The first-order valence-corrected chi connectivity index (χ1v) is 10.0. The van der Waals surface area contributed by atoms with Gasteiger partial charge in [-0.25, -0.2) is 9.50 Å². The molecule has 0 saturated carbocycles. The van der Waals surface area contributed by atoms with E-state index >= 15 is 0 Å². The van der Waals surface area contributed by atoms with Crippen LogP contribution in [-0.4, -0.2) is 37.6 Å². The third kappa shape index (κ3) is 5.33. The lowest BCUT2D eigenvalue weighted by atomic mass is 10.0. The molecule has 0 saturated heterocycles. The molecule has 1 N–H and O–H groups in total. The van der Waals surface area contributed by atoms with E-state index < -0.39 is 12.0 Å². The summed E-state index contributed by atoms with van der Waals surface area (Å²) in [6.45, 7) is 7.31.